The van der Waals surface area contributed by atoms with Gasteiger partial charge in [0.1, 0.15) is 5.75 Å². The first-order chi connectivity index (χ1) is 10.1. The van der Waals surface area contributed by atoms with Crippen LogP contribution in [0.4, 0.5) is 0 Å². The predicted molar refractivity (Wildman–Crippen MR) is 79.5 cm³/mol. The summed E-state index contributed by atoms with van der Waals surface area (Å²) >= 11 is 0. The van der Waals surface area contributed by atoms with Crippen molar-refractivity contribution >= 4 is 11.8 Å². The molecule has 0 saturated heterocycles. The summed E-state index contributed by atoms with van der Waals surface area (Å²) < 4.78 is 10.0. The molecule has 0 aliphatic heterocycles. The van der Waals surface area contributed by atoms with Crippen LogP contribution in [0.2, 0.25) is 0 Å². The summed E-state index contributed by atoms with van der Waals surface area (Å²) in [5.74, 6) is 0.403. The van der Waals surface area contributed by atoms with Crippen LogP contribution >= 0.6 is 0 Å². The fourth-order valence-corrected chi connectivity index (χ4v) is 1.80. The lowest BCUT2D eigenvalue weighted by Gasteiger charge is -2.20. The van der Waals surface area contributed by atoms with Gasteiger partial charge in [-0.25, -0.2) is 0 Å². The number of rotatable bonds is 8. The molecule has 1 N–H and O–H groups in total. The van der Waals surface area contributed by atoms with Crippen molar-refractivity contribution in [2.75, 3.05) is 40.5 Å². The summed E-state index contributed by atoms with van der Waals surface area (Å²) in [6.45, 7) is 3.33. The predicted octanol–water partition coefficient (Wildman–Crippen LogP) is 0.920. The zero-order valence-corrected chi connectivity index (χ0v) is 12.7. The van der Waals surface area contributed by atoms with Gasteiger partial charge in [0.25, 0.3) is 5.91 Å². The first-order valence-corrected chi connectivity index (χ1v) is 6.75. The van der Waals surface area contributed by atoms with Crippen molar-refractivity contribution in [1.29, 1.82) is 0 Å². The maximum absolute atomic E-state index is 12.0. The minimum absolute atomic E-state index is 0.0392. The Morgan fingerprint density at radius 1 is 1.24 bits per heavy atom. The number of hydrogen-bond acceptors (Lipinski definition) is 4. The molecule has 0 aromatic heterocycles. The Balaban J connectivity index is 2.46. The molecule has 1 rings (SSSR count). The van der Waals surface area contributed by atoms with Crippen LogP contribution in [0.5, 0.6) is 5.75 Å². The van der Waals surface area contributed by atoms with E-state index in [1.165, 1.54) is 6.92 Å². The molecule has 6 heteroatoms. The van der Waals surface area contributed by atoms with Gasteiger partial charge in [0, 0.05) is 39.2 Å². The van der Waals surface area contributed by atoms with Gasteiger partial charge in [-0.2, -0.15) is 0 Å². The van der Waals surface area contributed by atoms with E-state index >= 15 is 0 Å². The highest BCUT2D eigenvalue weighted by Crippen LogP contribution is 2.12. The van der Waals surface area contributed by atoms with Crippen molar-refractivity contribution in [3.05, 3.63) is 29.8 Å². The van der Waals surface area contributed by atoms with Crippen LogP contribution in [0.1, 0.15) is 17.3 Å². The van der Waals surface area contributed by atoms with Gasteiger partial charge in [0.05, 0.1) is 13.7 Å². The first kappa shape index (κ1) is 17.0. The van der Waals surface area contributed by atoms with Crippen LogP contribution in [0, 0.1) is 0 Å². The number of hydrogen-bond donors (Lipinski definition) is 1. The van der Waals surface area contributed by atoms with Crippen molar-refractivity contribution in [1.82, 2.24) is 10.2 Å². The van der Waals surface area contributed by atoms with Crippen molar-refractivity contribution in [2.24, 2.45) is 0 Å². The fourth-order valence-electron chi connectivity index (χ4n) is 1.80. The van der Waals surface area contributed by atoms with Gasteiger partial charge in [-0.1, -0.05) is 6.07 Å². The molecule has 0 aliphatic rings. The third-order valence-electron chi connectivity index (χ3n) is 3.01. The van der Waals surface area contributed by atoms with Crippen LogP contribution in [0.3, 0.4) is 0 Å². The molecule has 0 radical (unpaired) electrons. The highest BCUT2D eigenvalue weighted by molar-refractivity contribution is 5.94. The van der Waals surface area contributed by atoms with E-state index in [0.29, 0.717) is 37.6 Å². The second kappa shape index (κ2) is 8.97. The topological polar surface area (TPSA) is 67.9 Å². The molecule has 0 atom stereocenters. The van der Waals surface area contributed by atoms with Crippen LogP contribution in [0.25, 0.3) is 0 Å². The van der Waals surface area contributed by atoms with Gasteiger partial charge in [0.15, 0.2) is 0 Å². The second-order valence-corrected chi connectivity index (χ2v) is 4.49. The maximum Gasteiger partial charge on any atom is 0.251 e. The van der Waals surface area contributed by atoms with E-state index in [1.54, 1.807) is 43.4 Å². The van der Waals surface area contributed by atoms with Gasteiger partial charge < -0.3 is 19.7 Å². The molecule has 0 heterocycles. The van der Waals surface area contributed by atoms with Crippen LogP contribution in [-0.2, 0) is 9.53 Å². The minimum atomic E-state index is -0.191. The zero-order chi connectivity index (χ0) is 15.7. The molecule has 1 aromatic rings. The Hall–Kier alpha value is -2.08. The first-order valence-electron chi connectivity index (χ1n) is 6.75. The van der Waals surface area contributed by atoms with Crippen molar-refractivity contribution in [3.63, 3.8) is 0 Å². The number of amides is 2. The van der Waals surface area contributed by atoms with E-state index < -0.39 is 0 Å². The fraction of sp³-hybridized carbons (Fsp3) is 0.467. The zero-order valence-electron chi connectivity index (χ0n) is 12.7. The van der Waals surface area contributed by atoms with Crippen molar-refractivity contribution in [2.45, 2.75) is 6.92 Å². The second-order valence-electron chi connectivity index (χ2n) is 4.49. The highest BCUT2D eigenvalue weighted by Gasteiger charge is 2.10. The van der Waals surface area contributed by atoms with Gasteiger partial charge in [-0.3, -0.25) is 9.59 Å². The molecule has 0 bridgehead atoms. The number of nitrogens with one attached hydrogen (secondary N) is 1. The molecule has 6 nitrogen and oxygen atoms in total. The van der Waals surface area contributed by atoms with E-state index in [2.05, 4.69) is 5.32 Å². The molecule has 0 unspecified atom stereocenters. The lowest BCUT2D eigenvalue weighted by atomic mass is 10.2. The lowest BCUT2D eigenvalue weighted by molar-refractivity contribution is -0.129. The molecule has 116 valence electrons. The molecular formula is C15H22N2O4. The van der Waals surface area contributed by atoms with Gasteiger partial charge >= 0.3 is 0 Å². The van der Waals surface area contributed by atoms with Gasteiger partial charge in [0.2, 0.25) is 5.91 Å². The summed E-state index contributed by atoms with van der Waals surface area (Å²) in [6, 6.07) is 6.92. The number of carbonyl (C=O) groups is 2. The van der Waals surface area contributed by atoms with Gasteiger partial charge in [-0.05, 0) is 18.2 Å². The Bertz CT molecular complexity index is 476. The standard InChI is InChI=1S/C15H22N2O4/c1-12(18)17(9-10-20-2)8-7-16-15(19)13-5-4-6-14(11-13)21-3/h4-6,11H,7-10H2,1-3H3,(H,16,19). The Labute approximate surface area is 125 Å². The monoisotopic (exact) mass is 294 g/mol. The molecule has 2 amide bonds. The maximum atomic E-state index is 12.0. The van der Waals surface area contributed by atoms with Crippen LogP contribution in [0.15, 0.2) is 24.3 Å². The SMILES string of the molecule is COCCN(CCNC(=O)c1cccc(OC)c1)C(C)=O. The normalized spacial score (nSPS) is 10.0. The quantitative estimate of drug-likeness (QED) is 0.774. The summed E-state index contributed by atoms with van der Waals surface area (Å²) in [5, 5.41) is 2.78. The van der Waals surface area contributed by atoms with E-state index in [-0.39, 0.29) is 11.8 Å². The third kappa shape index (κ3) is 5.83. The largest absolute Gasteiger partial charge is 0.497 e. The molecule has 0 spiro atoms. The number of carbonyl (C=O) groups excluding carboxylic acids is 2. The summed E-state index contributed by atoms with van der Waals surface area (Å²) in [5.41, 5.74) is 0.528. The number of methoxy groups -OCH3 is 2. The molecule has 1 aromatic carbocycles. The summed E-state index contributed by atoms with van der Waals surface area (Å²) in [6.07, 6.45) is 0. The van der Waals surface area contributed by atoms with E-state index in [0.717, 1.165) is 0 Å². The number of nitrogens with zero attached hydrogens (tertiary/aromatic N) is 1. The van der Waals surface area contributed by atoms with E-state index in [1.807, 2.05) is 0 Å². The Kier molecular flexibility index (Phi) is 7.25. The number of benzene rings is 1. The average Bonchev–Trinajstić information content (AvgIpc) is 2.50. The minimum Gasteiger partial charge on any atom is -0.497 e. The smallest absolute Gasteiger partial charge is 0.251 e. The third-order valence-corrected chi connectivity index (χ3v) is 3.01. The van der Waals surface area contributed by atoms with E-state index in [9.17, 15) is 9.59 Å². The average molecular weight is 294 g/mol. The van der Waals surface area contributed by atoms with Crippen LogP contribution in [-0.4, -0.2) is 57.2 Å². The molecule has 0 saturated carbocycles. The molecule has 0 aliphatic carbocycles. The summed E-state index contributed by atoms with van der Waals surface area (Å²) in [7, 11) is 3.14. The Morgan fingerprint density at radius 3 is 2.62 bits per heavy atom. The molecule has 0 fully saturated rings. The van der Waals surface area contributed by atoms with Crippen molar-refractivity contribution in [3.8, 4) is 5.75 Å². The molecular weight excluding hydrogens is 272 g/mol. The summed E-state index contributed by atoms with van der Waals surface area (Å²) in [4.78, 5) is 25.0. The van der Waals surface area contributed by atoms with E-state index in [4.69, 9.17) is 9.47 Å². The van der Waals surface area contributed by atoms with Gasteiger partial charge in [-0.15, -0.1) is 0 Å². The molecule has 21 heavy (non-hydrogen) atoms. The Morgan fingerprint density at radius 2 is 2.00 bits per heavy atom. The van der Waals surface area contributed by atoms with Crippen LogP contribution < -0.4 is 10.1 Å². The van der Waals surface area contributed by atoms with Crippen molar-refractivity contribution < 1.29 is 19.1 Å². The lowest BCUT2D eigenvalue weighted by Crippen LogP contribution is -2.39. The highest BCUT2D eigenvalue weighted by atomic mass is 16.5. The number of ether oxygens (including phenoxy) is 2.